The van der Waals surface area contributed by atoms with Crippen LogP contribution in [-0.2, 0) is 38.2 Å². The molecule has 0 radical (unpaired) electrons. The number of allylic oxidation sites excluding steroid dienone is 12. The van der Waals surface area contributed by atoms with Crippen molar-refractivity contribution in [2.45, 2.75) is 77.4 Å². The predicted molar refractivity (Wildman–Crippen MR) is 171 cm³/mol. The van der Waals surface area contributed by atoms with Crippen LogP contribution in [-0.4, -0.2) is 62.6 Å². The minimum absolute atomic E-state index is 0.193. The van der Waals surface area contributed by atoms with Crippen molar-refractivity contribution in [3.63, 3.8) is 0 Å². The number of hydrogen-bond donors (Lipinski definition) is 2. The highest BCUT2D eigenvalue weighted by Gasteiger charge is 2.30. The Kier molecular flexibility index (Phi) is 24.6. The molecule has 0 aliphatic carbocycles. The van der Waals surface area contributed by atoms with Crippen molar-refractivity contribution in [2.75, 3.05) is 20.8 Å². The molecule has 0 spiro atoms. The molecule has 0 saturated heterocycles. The zero-order chi connectivity index (χ0) is 32.8. The van der Waals surface area contributed by atoms with Gasteiger partial charge in [0, 0.05) is 18.6 Å². The molecule has 0 fully saturated rings. The maximum absolute atomic E-state index is 12.2. The van der Waals surface area contributed by atoms with E-state index in [1.807, 2.05) is 12.2 Å². The monoisotopic (exact) mass is 612 g/mol. The summed E-state index contributed by atoms with van der Waals surface area (Å²) >= 11 is 0. The summed E-state index contributed by atoms with van der Waals surface area (Å²) in [6, 6.07) is -1.33. The lowest BCUT2D eigenvalue weighted by molar-refractivity contribution is -0.157. The first-order valence-electron chi connectivity index (χ1n) is 14.8. The van der Waals surface area contributed by atoms with Crippen LogP contribution in [0.25, 0.3) is 0 Å². The van der Waals surface area contributed by atoms with Gasteiger partial charge in [0.2, 0.25) is 11.8 Å². The highest BCUT2D eigenvalue weighted by atomic mass is 16.6. The Hall–Kier alpha value is -4.47. The van der Waals surface area contributed by atoms with Crippen molar-refractivity contribution in [1.29, 1.82) is 0 Å². The molecule has 0 aliphatic heterocycles. The van der Waals surface area contributed by atoms with E-state index in [1.54, 1.807) is 0 Å². The first kappa shape index (κ1) is 39.5. The maximum atomic E-state index is 12.2. The number of rotatable bonds is 22. The van der Waals surface area contributed by atoms with Crippen LogP contribution >= 0.6 is 0 Å². The summed E-state index contributed by atoms with van der Waals surface area (Å²) < 4.78 is 14.2. The Morgan fingerprint density at radius 3 is 1.66 bits per heavy atom. The van der Waals surface area contributed by atoms with Gasteiger partial charge in [-0.2, -0.15) is 0 Å². The van der Waals surface area contributed by atoms with Gasteiger partial charge in [-0.3, -0.25) is 14.4 Å². The number of ether oxygens (including phenoxy) is 3. The smallest absolute Gasteiger partial charge is 0.332 e. The number of carbonyl (C=O) groups is 5. The number of nitrogens with one attached hydrogen (secondary N) is 2. The largest absolute Gasteiger partial charge is 0.467 e. The molecule has 0 aromatic heterocycles. The van der Waals surface area contributed by atoms with Gasteiger partial charge in [-0.25, -0.2) is 9.59 Å². The zero-order valence-electron chi connectivity index (χ0n) is 26.4. The van der Waals surface area contributed by atoms with E-state index >= 15 is 0 Å². The molecule has 0 aliphatic rings. The van der Waals surface area contributed by atoms with E-state index in [2.05, 4.69) is 87.8 Å². The first-order chi connectivity index (χ1) is 21.2. The van der Waals surface area contributed by atoms with E-state index in [-0.39, 0.29) is 12.3 Å². The van der Waals surface area contributed by atoms with Crippen LogP contribution in [0.5, 0.6) is 0 Å². The van der Waals surface area contributed by atoms with Crippen LogP contribution < -0.4 is 10.6 Å². The second-order valence-electron chi connectivity index (χ2n) is 9.29. The van der Waals surface area contributed by atoms with Crippen LogP contribution in [0.4, 0.5) is 0 Å². The van der Waals surface area contributed by atoms with Crippen molar-refractivity contribution < 1.29 is 38.2 Å². The number of amides is 2. The molecule has 0 saturated carbocycles. The van der Waals surface area contributed by atoms with Gasteiger partial charge in [0.15, 0.2) is 6.04 Å². The van der Waals surface area contributed by atoms with Crippen LogP contribution in [0.3, 0.4) is 0 Å². The first-order valence-corrected chi connectivity index (χ1v) is 14.8. The van der Waals surface area contributed by atoms with Crippen molar-refractivity contribution in [3.8, 4) is 0 Å². The average molecular weight is 613 g/mol. The third-order valence-electron chi connectivity index (χ3n) is 5.68. The molecule has 2 N–H and O–H groups in total. The fourth-order valence-corrected chi connectivity index (χ4v) is 3.34. The Bertz CT molecular complexity index is 1080. The summed E-state index contributed by atoms with van der Waals surface area (Å²) in [5.41, 5.74) is 0. The number of methoxy groups -OCH3 is 2. The van der Waals surface area contributed by atoms with E-state index in [1.165, 1.54) is 6.92 Å². The lowest BCUT2D eigenvalue weighted by Gasteiger charge is -2.22. The molecular weight excluding hydrogens is 564 g/mol. The van der Waals surface area contributed by atoms with Gasteiger partial charge in [0.1, 0.15) is 12.6 Å². The maximum Gasteiger partial charge on any atom is 0.332 e. The SMILES string of the molecule is CCC=CCC=CCC=CCC=CCC=CCC=CCCC(=O)NCC(=O)OC(C)C(NC(=O)C=CC(=O)OC)C(=O)OC. The molecule has 10 nitrogen and oxygen atoms in total. The molecule has 2 atom stereocenters. The normalized spacial score (nSPS) is 13.5. The lowest BCUT2D eigenvalue weighted by Crippen LogP contribution is -2.50. The van der Waals surface area contributed by atoms with Gasteiger partial charge in [0.25, 0.3) is 0 Å². The molecule has 0 aromatic carbocycles. The number of esters is 3. The molecule has 0 bridgehead atoms. The summed E-state index contributed by atoms with van der Waals surface area (Å²) in [4.78, 5) is 59.3. The number of carbonyl (C=O) groups excluding carboxylic acids is 5. The summed E-state index contributed by atoms with van der Waals surface area (Å²) in [5, 5.41) is 4.76. The minimum atomic E-state index is -1.33. The van der Waals surface area contributed by atoms with E-state index in [9.17, 15) is 24.0 Å². The zero-order valence-corrected chi connectivity index (χ0v) is 26.4. The second-order valence-corrected chi connectivity index (χ2v) is 9.29. The highest BCUT2D eigenvalue weighted by Crippen LogP contribution is 2.03. The molecule has 0 rings (SSSR count). The van der Waals surface area contributed by atoms with Gasteiger partial charge in [0.05, 0.1) is 14.2 Å². The third-order valence-corrected chi connectivity index (χ3v) is 5.68. The summed E-state index contributed by atoms with van der Waals surface area (Å²) in [6.45, 7) is 3.11. The van der Waals surface area contributed by atoms with Gasteiger partial charge >= 0.3 is 17.9 Å². The van der Waals surface area contributed by atoms with Crippen molar-refractivity contribution in [2.24, 2.45) is 0 Å². The van der Waals surface area contributed by atoms with Crippen molar-refractivity contribution in [1.82, 2.24) is 10.6 Å². The van der Waals surface area contributed by atoms with Crippen LogP contribution in [0.2, 0.25) is 0 Å². The van der Waals surface area contributed by atoms with Crippen LogP contribution in [0, 0.1) is 0 Å². The van der Waals surface area contributed by atoms with Gasteiger partial charge < -0.3 is 24.8 Å². The summed E-state index contributed by atoms with van der Waals surface area (Å²) in [5.74, 6) is -3.54. The predicted octanol–water partition coefficient (Wildman–Crippen LogP) is 4.90. The second kappa shape index (κ2) is 27.4. The van der Waals surface area contributed by atoms with E-state index < -0.39 is 42.5 Å². The topological polar surface area (TPSA) is 137 Å². The Labute approximate surface area is 261 Å². The standard InChI is InChI=1S/C34H48N2O8/c1-5-6-7-8-9-10-11-12-13-14-15-16-17-18-19-20-21-22-23-24-29(37)35-27-32(40)44-28(2)33(34(41)43-4)36-30(38)25-26-31(39)42-3/h6-7,9-10,12-13,15-16,18-19,21-22,25-26,28,33H,5,8,11,14,17,20,23-24,27H2,1-4H3,(H,35,37)(H,36,38). The Morgan fingerprint density at radius 2 is 1.18 bits per heavy atom. The van der Waals surface area contributed by atoms with E-state index in [0.717, 1.165) is 64.9 Å². The average Bonchev–Trinajstić information content (AvgIpc) is 3.01. The van der Waals surface area contributed by atoms with Crippen molar-refractivity contribution >= 4 is 29.7 Å². The fraction of sp³-hybridized carbons (Fsp3) is 0.441. The lowest BCUT2D eigenvalue weighted by atomic mass is 10.2. The highest BCUT2D eigenvalue weighted by molar-refractivity contribution is 5.96. The number of hydrogen-bond acceptors (Lipinski definition) is 8. The quantitative estimate of drug-likeness (QED) is 0.0763. The third kappa shape index (κ3) is 23.1. The molecule has 242 valence electrons. The van der Waals surface area contributed by atoms with Crippen LogP contribution in [0.15, 0.2) is 85.1 Å². The molecule has 10 heteroatoms. The molecular formula is C34H48N2O8. The van der Waals surface area contributed by atoms with E-state index in [4.69, 9.17) is 4.74 Å². The molecule has 2 amide bonds. The molecule has 0 aromatic rings. The molecule has 0 heterocycles. The molecule has 44 heavy (non-hydrogen) atoms. The minimum Gasteiger partial charge on any atom is -0.467 e. The van der Waals surface area contributed by atoms with Crippen molar-refractivity contribution in [3.05, 3.63) is 85.1 Å². The summed E-state index contributed by atoms with van der Waals surface area (Å²) in [6.07, 6.45) is 32.2. The van der Waals surface area contributed by atoms with E-state index in [0.29, 0.717) is 6.42 Å². The Balaban J connectivity index is 4.19. The van der Waals surface area contributed by atoms with Gasteiger partial charge in [-0.15, -0.1) is 0 Å². The fourth-order valence-electron chi connectivity index (χ4n) is 3.34. The van der Waals surface area contributed by atoms with Crippen LogP contribution in [0.1, 0.15) is 65.2 Å². The van der Waals surface area contributed by atoms with Gasteiger partial charge in [-0.05, 0) is 51.9 Å². The Morgan fingerprint density at radius 1 is 0.682 bits per heavy atom. The molecule has 2 unspecified atom stereocenters. The van der Waals surface area contributed by atoms with Gasteiger partial charge in [-0.1, -0.05) is 79.8 Å². The summed E-state index contributed by atoms with van der Waals surface area (Å²) in [7, 11) is 2.26.